The van der Waals surface area contributed by atoms with Crippen molar-refractivity contribution >= 4 is 31.9 Å². The first-order valence-corrected chi connectivity index (χ1v) is 17.8. The van der Waals surface area contributed by atoms with Crippen LogP contribution in [0.5, 0.6) is 11.5 Å². The number of ether oxygens (including phenoxy) is 3. The summed E-state index contributed by atoms with van der Waals surface area (Å²) in [6, 6.07) is 12.4. The van der Waals surface area contributed by atoms with Crippen LogP contribution in [-0.2, 0) is 43.9 Å². The summed E-state index contributed by atoms with van der Waals surface area (Å²) < 4.78 is 23.3. The van der Waals surface area contributed by atoms with Crippen LogP contribution in [0.4, 0.5) is 0 Å². The number of aromatic nitrogens is 6. The van der Waals surface area contributed by atoms with E-state index in [1.54, 1.807) is 0 Å². The minimum Gasteiger partial charge on any atom is -0.492 e. The van der Waals surface area contributed by atoms with Crippen molar-refractivity contribution < 1.29 is 14.2 Å². The summed E-state index contributed by atoms with van der Waals surface area (Å²) in [4.78, 5) is 4.31. The molecule has 13 heteroatoms. The van der Waals surface area contributed by atoms with Gasteiger partial charge in [-0.15, -0.1) is 10.2 Å². The third kappa shape index (κ3) is 14.4. The van der Waals surface area contributed by atoms with Crippen LogP contribution < -0.4 is 9.47 Å². The molecule has 11 nitrogen and oxygen atoms in total. The summed E-state index contributed by atoms with van der Waals surface area (Å²) in [5, 5.41) is 17.0. The van der Waals surface area contributed by atoms with Crippen LogP contribution in [0.25, 0.3) is 0 Å². The SMILES string of the molecule is CC.CN(C)CCCOc1ccc(CCn2cc(COCc3cn(CCc4ccc(OCCCN(C)C)c(Br)c4)nn3)nn2)cc1Br. The van der Waals surface area contributed by atoms with Crippen LogP contribution in [-0.4, -0.2) is 94.3 Å². The lowest BCUT2D eigenvalue weighted by Gasteiger charge is -2.12. The third-order valence-corrected chi connectivity index (χ3v) is 8.18. The molecule has 0 unspecified atom stereocenters. The predicted molar refractivity (Wildman–Crippen MR) is 193 cm³/mol. The second-order valence-corrected chi connectivity index (χ2v) is 13.2. The maximum Gasteiger partial charge on any atom is 0.133 e. The minimum atomic E-state index is 0.357. The molecular formula is C34H50Br2N8O3. The molecule has 258 valence electrons. The summed E-state index contributed by atoms with van der Waals surface area (Å²) in [6.45, 7) is 9.56. The van der Waals surface area contributed by atoms with Crippen molar-refractivity contribution in [2.45, 2.75) is 65.8 Å². The highest BCUT2D eigenvalue weighted by Gasteiger charge is 2.08. The molecule has 0 aliphatic heterocycles. The molecule has 2 aromatic carbocycles. The molecule has 0 spiro atoms. The van der Waals surface area contributed by atoms with E-state index in [0.717, 1.165) is 83.7 Å². The number of hydrogen-bond donors (Lipinski definition) is 0. The smallest absolute Gasteiger partial charge is 0.133 e. The Bertz CT molecular complexity index is 1350. The van der Waals surface area contributed by atoms with Gasteiger partial charge in [-0.25, -0.2) is 0 Å². The molecule has 0 fully saturated rings. The lowest BCUT2D eigenvalue weighted by atomic mass is 10.1. The molecule has 0 amide bonds. The fraction of sp³-hybridized carbons (Fsp3) is 0.529. The lowest BCUT2D eigenvalue weighted by molar-refractivity contribution is 0.102. The van der Waals surface area contributed by atoms with Gasteiger partial charge in [-0.1, -0.05) is 36.4 Å². The van der Waals surface area contributed by atoms with Gasteiger partial charge < -0.3 is 24.0 Å². The van der Waals surface area contributed by atoms with Crippen molar-refractivity contribution in [1.82, 2.24) is 39.8 Å². The molecule has 2 heterocycles. The Hall–Kier alpha value is -2.84. The van der Waals surface area contributed by atoms with Gasteiger partial charge in [0, 0.05) is 26.2 Å². The lowest BCUT2D eigenvalue weighted by Crippen LogP contribution is -2.15. The molecule has 0 N–H and O–H groups in total. The predicted octanol–water partition coefficient (Wildman–Crippen LogP) is 6.28. The van der Waals surface area contributed by atoms with Gasteiger partial charge in [-0.3, -0.25) is 9.36 Å². The van der Waals surface area contributed by atoms with Crippen LogP contribution in [0.15, 0.2) is 57.7 Å². The number of hydrogen-bond acceptors (Lipinski definition) is 9. The van der Waals surface area contributed by atoms with Crippen LogP contribution in [0.3, 0.4) is 0 Å². The van der Waals surface area contributed by atoms with Crippen LogP contribution in [0.1, 0.15) is 49.2 Å². The summed E-state index contributed by atoms with van der Waals surface area (Å²) in [7, 11) is 8.27. The van der Waals surface area contributed by atoms with Gasteiger partial charge in [0.15, 0.2) is 0 Å². The fourth-order valence-corrected chi connectivity index (χ4v) is 5.62. The average molecular weight is 779 g/mol. The summed E-state index contributed by atoms with van der Waals surface area (Å²) >= 11 is 7.28. The first-order valence-electron chi connectivity index (χ1n) is 16.2. The van der Waals surface area contributed by atoms with E-state index in [9.17, 15) is 0 Å². The Labute approximate surface area is 296 Å². The van der Waals surface area contributed by atoms with Gasteiger partial charge in [0.2, 0.25) is 0 Å². The Morgan fingerprint density at radius 2 is 1.09 bits per heavy atom. The number of halogens is 2. The largest absolute Gasteiger partial charge is 0.492 e. The van der Waals surface area contributed by atoms with Crippen molar-refractivity contribution in [1.29, 1.82) is 0 Å². The van der Waals surface area contributed by atoms with Crippen molar-refractivity contribution in [3.8, 4) is 11.5 Å². The standard InChI is InChI=1S/C32H44Br2N8O3.C2H6/c1-39(2)13-5-17-44-31-9-7-25(19-29(31)33)11-15-41-21-27(35-37-41)23-43-24-28-22-42(38-36-28)16-12-26-8-10-32(30(34)20-26)45-18-6-14-40(3)4;1-2/h7-10,19-22H,5-6,11-18,23-24H2,1-4H3;1-2H3. The third-order valence-electron chi connectivity index (χ3n) is 6.94. The van der Waals surface area contributed by atoms with E-state index < -0.39 is 0 Å². The van der Waals surface area contributed by atoms with Gasteiger partial charge in [-0.2, -0.15) is 0 Å². The normalized spacial score (nSPS) is 11.2. The van der Waals surface area contributed by atoms with Crippen LogP contribution in [0, 0.1) is 0 Å². The summed E-state index contributed by atoms with van der Waals surface area (Å²) in [5.74, 6) is 1.74. The van der Waals surface area contributed by atoms with Crippen LogP contribution in [0.2, 0.25) is 0 Å². The number of nitrogens with zero attached hydrogens (tertiary/aromatic N) is 8. The number of aryl methyl sites for hydroxylation is 4. The Morgan fingerprint density at radius 3 is 1.47 bits per heavy atom. The average Bonchev–Trinajstić information content (AvgIpc) is 3.71. The van der Waals surface area contributed by atoms with E-state index in [1.165, 1.54) is 11.1 Å². The molecule has 0 saturated carbocycles. The number of rotatable bonds is 20. The van der Waals surface area contributed by atoms with E-state index in [-0.39, 0.29) is 0 Å². The maximum atomic E-state index is 5.90. The monoisotopic (exact) mass is 776 g/mol. The molecule has 0 atom stereocenters. The Morgan fingerprint density at radius 1 is 0.660 bits per heavy atom. The molecule has 47 heavy (non-hydrogen) atoms. The van der Waals surface area contributed by atoms with E-state index >= 15 is 0 Å². The molecular weight excluding hydrogens is 728 g/mol. The molecule has 0 saturated heterocycles. The molecule has 4 aromatic rings. The topological polar surface area (TPSA) is 95.6 Å². The van der Waals surface area contributed by atoms with Gasteiger partial charge in [-0.05, 0) is 121 Å². The maximum absolute atomic E-state index is 5.90. The Balaban J connectivity index is 0.00000294. The van der Waals surface area contributed by atoms with E-state index in [0.29, 0.717) is 26.4 Å². The summed E-state index contributed by atoms with van der Waals surface area (Å²) in [6.07, 6.45) is 7.49. The van der Waals surface area contributed by atoms with Gasteiger partial charge in [0.1, 0.15) is 22.9 Å². The van der Waals surface area contributed by atoms with E-state index in [4.69, 9.17) is 14.2 Å². The van der Waals surface area contributed by atoms with Gasteiger partial charge in [0.25, 0.3) is 0 Å². The minimum absolute atomic E-state index is 0.357. The van der Waals surface area contributed by atoms with Gasteiger partial charge in [0.05, 0.1) is 47.8 Å². The number of benzene rings is 2. The highest BCUT2D eigenvalue weighted by atomic mass is 79.9. The highest BCUT2D eigenvalue weighted by molar-refractivity contribution is 9.10. The van der Waals surface area contributed by atoms with Crippen LogP contribution >= 0.6 is 31.9 Å². The van der Waals surface area contributed by atoms with Gasteiger partial charge >= 0.3 is 0 Å². The van der Waals surface area contributed by atoms with E-state index in [1.807, 2.05) is 47.7 Å². The molecule has 0 bridgehead atoms. The molecule has 0 aliphatic rings. The second-order valence-electron chi connectivity index (χ2n) is 11.5. The highest BCUT2D eigenvalue weighted by Crippen LogP contribution is 2.27. The first kappa shape index (κ1) is 38.6. The van der Waals surface area contributed by atoms with Crippen molar-refractivity contribution in [2.24, 2.45) is 0 Å². The quantitative estimate of drug-likeness (QED) is 0.0962. The molecule has 0 radical (unpaired) electrons. The zero-order valence-corrected chi connectivity index (χ0v) is 31.8. The fourth-order valence-electron chi connectivity index (χ4n) is 4.53. The second kappa shape index (κ2) is 21.2. The molecule has 0 aliphatic carbocycles. The molecule has 2 aromatic heterocycles. The van der Waals surface area contributed by atoms with Crippen molar-refractivity contribution in [3.05, 3.63) is 80.3 Å². The molecule has 4 rings (SSSR count). The zero-order chi connectivity index (χ0) is 34.0. The summed E-state index contributed by atoms with van der Waals surface area (Å²) in [5.41, 5.74) is 3.95. The zero-order valence-electron chi connectivity index (χ0n) is 28.7. The Kier molecular flexibility index (Phi) is 17.4. The first-order chi connectivity index (χ1) is 22.7. The van der Waals surface area contributed by atoms with E-state index in [2.05, 4.69) is 115 Å². The van der Waals surface area contributed by atoms with Crippen molar-refractivity contribution in [2.75, 3.05) is 54.5 Å². The van der Waals surface area contributed by atoms with Crippen molar-refractivity contribution in [3.63, 3.8) is 0 Å².